The Kier molecular flexibility index (Phi) is 5.26. The summed E-state index contributed by atoms with van der Waals surface area (Å²) in [6.45, 7) is 3.02. The zero-order valence-electron chi connectivity index (χ0n) is 11.4. The summed E-state index contributed by atoms with van der Waals surface area (Å²) < 4.78 is 0. The molecule has 0 amide bonds. The molecule has 2 rings (SSSR count). The molecular weight excluding hydrogens is 272 g/mol. The van der Waals surface area contributed by atoms with Gasteiger partial charge in [-0.05, 0) is 30.8 Å². The van der Waals surface area contributed by atoms with E-state index in [0.29, 0.717) is 6.42 Å². The molecular formula is C15H18N2O2S. The highest BCUT2D eigenvalue weighted by atomic mass is 32.1. The van der Waals surface area contributed by atoms with Gasteiger partial charge < -0.3 is 5.32 Å². The lowest BCUT2D eigenvalue weighted by Gasteiger charge is -2.17. The van der Waals surface area contributed by atoms with Gasteiger partial charge in [-0.25, -0.2) is 0 Å². The molecule has 1 N–H and O–H groups in total. The first-order valence-corrected chi connectivity index (χ1v) is 7.59. The summed E-state index contributed by atoms with van der Waals surface area (Å²) in [5.41, 5.74) is 0.979. The van der Waals surface area contributed by atoms with E-state index in [9.17, 15) is 10.1 Å². The molecule has 0 radical (unpaired) electrons. The second-order valence-corrected chi connectivity index (χ2v) is 5.59. The maximum Gasteiger partial charge on any atom is 0.272 e. The first kappa shape index (κ1) is 14.7. The average molecular weight is 290 g/mol. The third-order valence-corrected chi connectivity index (χ3v) is 4.13. The third-order valence-electron chi connectivity index (χ3n) is 3.14. The number of hydrogen-bond donors (Lipinski definition) is 1. The van der Waals surface area contributed by atoms with Crippen LogP contribution in [0.3, 0.4) is 0 Å². The Balaban J connectivity index is 2.21. The first-order chi connectivity index (χ1) is 9.72. The van der Waals surface area contributed by atoms with Crippen molar-refractivity contribution < 1.29 is 4.92 Å². The quantitative estimate of drug-likeness (QED) is 0.620. The van der Waals surface area contributed by atoms with Crippen LogP contribution in [0.25, 0.3) is 0 Å². The SMILES string of the molecule is CCCNC(Cc1ccccc1[N+](=O)[O-])c1cccs1. The van der Waals surface area contributed by atoms with Crippen molar-refractivity contribution in [3.63, 3.8) is 0 Å². The maximum absolute atomic E-state index is 11.1. The van der Waals surface area contributed by atoms with Crippen LogP contribution in [0, 0.1) is 10.1 Å². The molecule has 0 aliphatic carbocycles. The lowest BCUT2D eigenvalue weighted by atomic mass is 10.0. The van der Waals surface area contributed by atoms with Gasteiger partial charge in [0.15, 0.2) is 0 Å². The molecule has 1 aromatic carbocycles. The van der Waals surface area contributed by atoms with Crippen LogP contribution in [0.15, 0.2) is 41.8 Å². The Labute approximate surface area is 122 Å². The van der Waals surface area contributed by atoms with Gasteiger partial charge in [-0.3, -0.25) is 10.1 Å². The van der Waals surface area contributed by atoms with Crippen molar-refractivity contribution in [3.05, 3.63) is 62.3 Å². The third kappa shape index (κ3) is 3.65. The van der Waals surface area contributed by atoms with Crippen molar-refractivity contribution in [1.29, 1.82) is 0 Å². The summed E-state index contributed by atoms with van der Waals surface area (Å²) in [4.78, 5) is 12.0. The molecule has 0 fully saturated rings. The van der Waals surface area contributed by atoms with E-state index in [0.717, 1.165) is 18.5 Å². The molecule has 0 aliphatic heterocycles. The van der Waals surface area contributed by atoms with Crippen LogP contribution in [0.5, 0.6) is 0 Å². The first-order valence-electron chi connectivity index (χ1n) is 6.71. The highest BCUT2D eigenvalue weighted by molar-refractivity contribution is 7.10. The highest BCUT2D eigenvalue weighted by Crippen LogP contribution is 2.27. The van der Waals surface area contributed by atoms with Crippen molar-refractivity contribution in [3.8, 4) is 0 Å². The van der Waals surface area contributed by atoms with Gasteiger partial charge in [0.1, 0.15) is 0 Å². The minimum absolute atomic E-state index is 0.135. The van der Waals surface area contributed by atoms with Crippen LogP contribution in [0.1, 0.15) is 29.8 Å². The Hall–Kier alpha value is -1.72. The lowest BCUT2D eigenvalue weighted by molar-refractivity contribution is -0.385. The molecule has 1 heterocycles. The van der Waals surface area contributed by atoms with Crippen LogP contribution in [-0.2, 0) is 6.42 Å². The predicted octanol–water partition coefficient (Wildman–Crippen LogP) is 3.94. The zero-order valence-corrected chi connectivity index (χ0v) is 12.2. The summed E-state index contributed by atoms with van der Waals surface area (Å²) in [5, 5.41) is 16.6. The second-order valence-electron chi connectivity index (χ2n) is 4.61. The number of nitro benzene ring substituents is 1. The van der Waals surface area contributed by atoms with Gasteiger partial charge in [-0.1, -0.05) is 31.2 Å². The molecule has 0 spiro atoms. The van der Waals surface area contributed by atoms with Gasteiger partial charge >= 0.3 is 0 Å². The Bertz CT molecular complexity index is 555. The van der Waals surface area contributed by atoms with E-state index >= 15 is 0 Å². The summed E-state index contributed by atoms with van der Waals surface area (Å²) in [6, 6.07) is 11.2. The van der Waals surface area contributed by atoms with Crippen molar-refractivity contribution >= 4 is 17.0 Å². The number of nitrogens with one attached hydrogen (secondary N) is 1. The average Bonchev–Trinajstić information content (AvgIpc) is 2.97. The largest absolute Gasteiger partial charge is 0.309 e. The zero-order chi connectivity index (χ0) is 14.4. The van der Waals surface area contributed by atoms with E-state index in [2.05, 4.69) is 18.3 Å². The molecule has 0 bridgehead atoms. The lowest BCUT2D eigenvalue weighted by Crippen LogP contribution is -2.23. The Morgan fingerprint density at radius 3 is 2.75 bits per heavy atom. The minimum Gasteiger partial charge on any atom is -0.309 e. The van der Waals surface area contributed by atoms with Gasteiger partial charge in [0.25, 0.3) is 5.69 Å². The van der Waals surface area contributed by atoms with E-state index in [1.54, 1.807) is 23.5 Å². The van der Waals surface area contributed by atoms with E-state index in [1.807, 2.05) is 23.6 Å². The summed E-state index contributed by atoms with van der Waals surface area (Å²) in [6.07, 6.45) is 1.68. The topological polar surface area (TPSA) is 55.2 Å². The van der Waals surface area contributed by atoms with E-state index < -0.39 is 0 Å². The minimum atomic E-state index is -0.305. The van der Waals surface area contributed by atoms with Gasteiger partial charge in [0.2, 0.25) is 0 Å². The number of thiophene rings is 1. The molecule has 1 atom stereocenters. The molecule has 0 aliphatic rings. The molecule has 4 nitrogen and oxygen atoms in total. The van der Waals surface area contributed by atoms with Gasteiger partial charge in [-0.15, -0.1) is 11.3 Å². The Morgan fingerprint density at radius 1 is 1.30 bits per heavy atom. The summed E-state index contributed by atoms with van der Waals surface area (Å²) in [5.74, 6) is 0. The molecule has 0 saturated heterocycles. The van der Waals surface area contributed by atoms with Crippen LogP contribution < -0.4 is 5.32 Å². The van der Waals surface area contributed by atoms with E-state index in [4.69, 9.17) is 0 Å². The summed E-state index contributed by atoms with van der Waals surface area (Å²) >= 11 is 1.68. The summed E-state index contributed by atoms with van der Waals surface area (Å²) in [7, 11) is 0. The number of nitrogens with zero attached hydrogens (tertiary/aromatic N) is 1. The van der Waals surface area contributed by atoms with Crippen molar-refractivity contribution in [1.82, 2.24) is 5.32 Å². The van der Waals surface area contributed by atoms with Crippen LogP contribution in [0.2, 0.25) is 0 Å². The molecule has 106 valence electrons. The van der Waals surface area contributed by atoms with Crippen LogP contribution >= 0.6 is 11.3 Å². The number of para-hydroxylation sites is 1. The maximum atomic E-state index is 11.1. The molecule has 1 unspecified atom stereocenters. The molecule has 1 aromatic heterocycles. The Morgan fingerprint density at radius 2 is 2.10 bits per heavy atom. The monoisotopic (exact) mass is 290 g/mol. The molecule has 0 saturated carbocycles. The van der Waals surface area contributed by atoms with E-state index in [1.165, 1.54) is 4.88 Å². The van der Waals surface area contributed by atoms with Crippen LogP contribution in [-0.4, -0.2) is 11.5 Å². The standard InChI is InChI=1S/C15H18N2O2S/c1-2-9-16-13(15-8-5-10-20-15)11-12-6-3-4-7-14(12)17(18)19/h3-8,10,13,16H,2,9,11H2,1H3. The smallest absolute Gasteiger partial charge is 0.272 e. The highest BCUT2D eigenvalue weighted by Gasteiger charge is 2.18. The fourth-order valence-corrected chi connectivity index (χ4v) is 2.97. The van der Waals surface area contributed by atoms with Crippen molar-refractivity contribution in [2.45, 2.75) is 25.8 Å². The fourth-order valence-electron chi connectivity index (χ4n) is 2.16. The van der Waals surface area contributed by atoms with Gasteiger partial charge in [-0.2, -0.15) is 0 Å². The fraction of sp³-hybridized carbons (Fsp3) is 0.333. The number of benzene rings is 1. The predicted molar refractivity (Wildman–Crippen MR) is 82.2 cm³/mol. The van der Waals surface area contributed by atoms with E-state index in [-0.39, 0.29) is 16.7 Å². The second kappa shape index (κ2) is 7.17. The van der Waals surface area contributed by atoms with Crippen molar-refractivity contribution in [2.75, 3.05) is 6.54 Å². The van der Waals surface area contributed by atoms with Gasteiger partial charge in [0, 0.05) is 22.5 Å². The van der Waals surface area contributed by atoms with Crippen molar-refractivity contribution in [2.24, 2.45) is 0 Å². The number of nitro groups is 1. The molecule has 20 heavy (non-hydrogen) atoms. The van der Waals surface area contributed by atoms with Crippen LogP contribution in [0.4, 0.5) is 5.69 Å². The van der Waals surface area contributed by atoms with Gasteiger partial charge in [0.05, 0.1) is 4.92 Å². The number of hydrogen-bond acceptors (Lipinski definition) is 4. The number of rotatable bonds is 7. The molecule has 5 heteroatoms. The normalized spacial score (nSPS) is 12.2. The molecule has 2 aromatic rings.